The summed E-state index contributed by atoms with van der Waals surface area (Å²) in [5.74, 6) is -0.228. The number of hydrogen-bond acceptors (Lipinski definition) is 4. The predicted octanol–water partition coefficient (Wildman–Crippen LogP) is 0.458. The van der Waals surface area contributed by atoms with Gasteiger partial charge in [-0.3, -0.25) is 4.79 Å². The van der Waals surface area contributed by atoms with Crippen molar-refractivity contribution in [2.45, 2.75) is 26.2 Å². The van der Waals surface area contributed by atoms with Crippen molar-refractivity contribution >= 4 is 16.2 Å². The Balaban J connectivity index is 2.03. The van der Waals surface area contributed by atoms with Crippen LogP contribution in [0, 0.1) is 11.8 Å². The molecule has 2 heterocycles. The van der Waals surface area contributed by atoms with Crippen molar-refractivity contribution in [2.75, 3.05) is 33.3 Å². The SMILES string of the molecule is COC(=O)C1CCN(S(=O)(=O)N2CCCC(C)C2)C1. The third-order valence-electron chi connectivity index (χ3n) is 3.96. The lowest BCUT2D eigenvalue weighted by atomic mass is 10.0. The van der Waals surface area contributed by atoms with Gasteiger partial charge in [-0.1, -0.05) is 6.92 Å². The molecule has 0 aliphatic carbocycles. The van der Waals surface area contributed by atoms with Crippen molar-refractivity contribution < 1.29 is 17.9 Å². The van der Waals surface area contributed by atoms with E-state index in [0.29, 0.717) is 32.0 Å². The van der Waals surface area contributed by atoms with Crippen LogP contribution in [0.2, 0.25) is 0 Å². The number of esters is 1. The molecular formula is C12H22N2O4S. The molecule has 2 rings (SSSR count). The van der Waals surface area contributed by atoms with Gasteiger partial charge in [0.25, 0.3) is 10.2 Å². The fourth-order valence-electron chi connectivity index (χ4n) is 2.82. The maximum absolute atomic E-state index is 12.5. The van der Waals surface area contributed by atoms with Crippen LogP contribution in [-0.4, -0.2) is 56.3 Å². The topological polar surface area (TPSA) is 66.9 Å². The number of carbonyl (C=O) groups excluding carboxylic acids is 1. The molecule has 0 N–H and O–H groups in total. The van der Waals surface area contributed by atoms with Crippen LogP contribution >= 0.6 is 0 Å². The molecule has 2 fully saturated rings. The summed E-state index contributed by atoms with van der Waals surface area (Å²) >= 11 is 0. The number of carbonyl (C=O) groups is 1. The van der Waals surface area contributed by atoms with Crippen LogP contribution < -0.4 is 0 Å². The van der Waals surface area contributed by atoms with E-state index < -0.39 is 10.2 Å². The summed E-state index contributed by atoms with van der Waals surface area (Å²) in [4.78, 5) is 11.5. The van der Waals surface area contributed by atoms with E-state index in [1.54, 1.807) is 4.31 Å². The van der Waals surface area contributed by atoms with Crippen molar-refractivity contribution in [1.29, 1.82) is 0 Å². The van der Waals surface area contributed by atoms with Gasteiger partial charge in [0.15, 0.2) is 0 Å². The first kappa shape index (κ1) is 14.7. The normalized spacial score (nSPS) is 30.4. The van der Waals surface area contributed by atoms with E-state index in [9.17, 15) is 13.2 Å². The summed E-state index contributed by atoms with van der Waals surface area (Å²) in [6, 6.07) is 0. The summed E-state index contributed by atoms with van der Waals surface area (Å²) in [6.45, 7) is 3.91. The zero-order chi connectivity index (χ0) is 14.0. The van der Waals surface area contributed by atoms with E-state index in [2.05, 4.69) is 11.7 Å². The zero-order valence-electron chi connectivity index (χ0n) is 11.5. The number of nitrogens with zero attached hydrogens (tertiary/aromatic N) is 2. The highest BCUT2D eigenvalue weighted by molar-refractivity contribution is 7.86. The number of piperidine rings is 1. The Morgan fingerprint density at radius 1 is 1.16 bits per heavy atom. The van der Waals surface area contributed by atoms with E-state index in [1.165, 1.54) is 11.4 Å². The van der Waals surface area contributed by atoms with Gasteiger partial charge in [0.2, 0.25) is 0 Å². The van der Waals surface area contributed by atoms with Crippen LogP contribution in [0.5, 0.6) is 0 Å². The average molecular weight is 290 g/mol. The molecule has 0 radical (unpaired) electrons. The molecule has 0 saturated carbocycles. The molecular weight excluding hydrogens is 268 g/mol. The van der Waals surface area contributed by atoms with Crippen LogP contribution in [0.4, 0.5) is 0 Å². The minimum atomic E-state index is -3.41. The van der Waals surface area contributed by atoms with Gasteiger partial charge < -0.3 is 4.74 Å². The molecule has 0 aromatic carbocycles. The van der Waals surface area contributed by atoms with Gasteiger partial charge >= 0.3 is 5.97 Å². The molecule has 2 atom stereocenters. The first-order valence-corrected chi connectivity index (χ1v) is 8.18. The van der Waals surface area contributed by atoms with Crippen molar-refractivity contribution in [3.63, 3.8) is 0 Å². The summed E-state index contributed by atoms with van der Waals surface area (Å²) in [5, 5.41) is 0. The smallest absolute Gasteiger partial charge is 0.310 e. The van der Waals surface area contributed by atoms with Gasteiger partial charge in [0.1, 0.15) is 0 Å². The fourth-order valence-corrected chi connectivity index (χ4v) is 4.65. The molecule has 110 valence electrons. The lowest BCUT2D eigenvalue weighted by Gasteiger charge is -2.33. The van der Waals surface area contributed by atoms with Gasteiger partial charge in [-0.05, 0) is 25.2 Å². The predicted molar refractivity (Wildman–Crippen MR) is 70.6 cm³/mol. The highest BCUT2D eigenvalue weighted by atomic mass is 32.2. The quantitative estimate of drug-likeness (QED) is 0.708. The number of ether oxygens (including phenoxy) is 1. The Hall–Kier alpha value is -0.660. The molecule has 0 aromatic heterocycles. The molecule has 6 nitrogen and oxygen atoms in total. The van der Waals surface area contributed by atoms with Crippen LogP contribution in [0.1, 0.15) is 26.2 Å². The highest BCUT2D eigenvalue weighted by Crippen LogP contribution is 2.25. The minimum absolute atomic E-state index is 0.250. The number of rotatable bonds is 3. The molecule has 0 bridgehead atoms. The molecule has 0 spiro atoms. The Labute approximate surface area is 114 Å². The number of hydrogen-bond donors (Lipinski definition) is 0. The molecule has 19 heavy (non-hydrogen) atoms. The summed E-state index contributed by atoms with van der Waals surface area (Å²) < 4.78 is 32.6. The third-order valence-corrected chi connectivity index (χ3v) is 5.93. The van der Waals surface area contributed by atoms with Crippen molar-refractivity contribution in [2.24, 2.45) is 11.8 Å². The Kier molecular flexibility index (Phi) is 4.47. The Bertz CT molecular complexity index is 437. The zero-order valence-corrected chi connectivity index (χ0v) is 12.4. The third kappa shape index (κ3) is 3.09. The second-order valence-electron chi connectivity index (χ2n) is 5.48. The van der Waals surface area contributed by atoms with Crippen molar-refractivity contribution in [3.8, 4) is 0 Å². The fraction of sp³-hybridized carbons (Fsp3) is 0.917. The molecule has 2 unspecified atom stereocenters. The van der Waals surface area contributed by atoms with Crippen molar-refractivity contribution in [1.82, 2.24) is 8.61 Å². The molecule has 2 aliphatic heterocycles. The molecule has 2 aliphatic rings. The van der Waals surface area contributed by atoms with Gasteiger partial charge in [0, 0.05) is 26.2 Å². The Morgan fingerprint density at radius 2 is 1.84 bits per heavy atom. The highest BCUT2D eigenvalue weighted by Gasteiger charge is 2.39. The molecule has 0 aromatic rings. The first-order chi connectivity index (χ1) is 8.95. The minimum Gasteiger partial charge on any atom is -0.469 e. The van der Waals surface area contributed by atoms with E-state index >= 15 is 0 Å². The van der Waals surface area contributed by atoms with E-state index in [1.807, 2.05) is 0 Å². The Morgan fingerprint density at radius 3 is 2.47 bits per heavy atom. The standard InChI is InChI=1S/C12H22N2O4S/c1-10-4-3-6-13(8-10)19(16,17)14-7-5-11(9-14)12(15)18-2/h10-11H,3-9H2,1-2H3. The van der Waals surface area contributed by atoms with Crippen LogP contribution in [0.3, 0.4) is 0 Å². The summed E-state index contributed by atoms with van der Waals surface area (Å²) in [6.07, 6.45) is 2.54. The second kappa shape index (κ2) is 5.76. The van der Waals surface area contributed by atoms with Crippen LogP contribution in [-0.2, 0) is 19.7 Å². The van der Waals surface area contributed by atoms with Gasteiger partial charge in [-0.15, -0.1) is 0 Å². The van der Waals surface area contributed by atoms with Crippen LogP contribution in [0.25, 0.3) is 0 Å². The summed E-state index contributed by atoms with van der Waals surface area (Å²) in [5.41, 5.74) is 0. The molecule has 0 amide bonds. The lowest BCUT2D eigenvalue weighted by molar-refractivity contribution is -0.144. The van der Waals surface area contributed by atoms with E-state index in [0.717, 1.165) is 12.8 Å². The van der Waals surface area contributed by atoms with Crippen LogP contribution in [0.15, 0.2) is 0 Å². The summed E-state index contributed by atoms with van der Waals surface area (Å²) in [7, 11) is -2.07. The van der Waals surface area contributed by atoms with Crippen molar-refractivity contribution in [3.05, 3.63) is 0 Å². The average Bonchev–Trinajstić information content (AvgIpc) is 2.88. The lowest BCUT2D eigenvalue weighted by Crippen LogP contribution is -2.47. The van der Waals surface area contributed by atoms with E-state index in [4.69, 9.17) is 0 Å². The van der Waals surface area contributed by atoms with Gasteiger partial charge in [0.05, 0.1) is 13.0 Å². The first-order valence-electron chi connectivity index (χ1n) is 6.78. The maximum Gasteiger partial charge on any atom is 0.310 e. The largest absolute Gasteiger partial charge is 0.469 e. The van der Waals surface area contributed by atoms with Gasteiger partial charge in [-0.2, -0.15) is 17.0 Å². The number of methoxy groups -OCH3 is 1. The molecule has 7 heteroatoms. The maximum atomic E-state index is 12.5. The van der Waals surface area contributed by atoms with Gasteiger partial charge in [-0.25, -0.2) is 0 Å². The monoisotopic (exact) mass is 290 g/mol. The second-order valence-corrected chi connectivity index (χ2v) is 7.41. The van der Waals surface area contributed by atoms with E-state index in [-0.39, 0.29) is 18.4 Å². The molecule has 2 saturated heterocycles.